The quantitative estimate of drug-likeness (QED) is 0.243. The van der Waals surface area contributed by atoms with Crippen molar-refractivity contribution in [2.75, 3.05) is 19.8 Å². The Balaban J connectivity index is 4.94. The van der Waals surface area contributed by atoms with E-state index in [4.69, 9.17) is 9.47 Å². The largest absolute Gasteiger partial charge is 0.481 e. The van der Waals surface area contributed by atoms with Crippen LogP contribution in [0.5, 0.6) is 0 Å². The van der Waals surface area contributed by atoms with Gasteiger partial charge in [-0.05, 0) is 19.3 Å². The average molecular weight is 372 g/mol. The number of hydrogen-bond acceptors (Lipinski definition) is 5. The molecule has 0 aliphatic heterocycles. The third kappa shape index (κ3) is 8.47. The highest BCUT2D eigenvalue weighted by Crippen LogP contribution is 2.36. The molecule has 1 unspecified atom stereocenters. The van der Waals surface area contributed by atoms with Crippen LogP contribution >= 0.6 is 0 Å². The molecule has 26 heavy (non-hydrogen) atoms. The molecule has 0 saturated heterocycles. The van der Waals surface area contributed by atoms with Crippen LogP contribution in [0.15, 0.2) is 12.2 Å². The van der Waals surface area contributed by atoms with E-state index in [-0.39, 0.29) is 19.6 Å². The van der Waals surface area contributed by atoms with Crippen LogP contribution in [0.1, 0.15) is 65.2 Å². The van der Waals surface area contributed by atoms with Gasteiger partial charge in [-0.3, -0.25) is 9.59 Å². The van der Waals surface area contributed by atoms with Crippen molar-refractivity contribution in [1.82, 2.24) is 0 Å². The van der Waals surface area contributed by atoms with Crippen molar-refractivity contribution in [3.8, 4) is 0 Å². The average Bonchev–Trinajstić information content (AvgIpc) is 2.59. The number of carboxylic acids is 2. The molecule has 0 aromatic carbocycles. The summed E-state index contributed by atoms with van der Waals surface area (Å²) in [5.74, 6) is -3.59. The molecular weight excluding hydrogens is 340 g/mol. The second kappa shape index (κ2) is 13.3. The van der Waals surface area contributed by atoms with Gasteiger partial charge in [0.05, 0.1) is 13.0 Å². The summed E-state index contributed by atoms with van der Waals surface area (Å²) in [7, 11) is 0. The summed E-state index contributed by atoms with van der Waals surface area (Å²) in [6, 6.07) is 0. The monoisotopic (exact) mass is 372 g/mol. The standard InChI is InChI=1S/C19H32O7/c1-4-6-8-9-12-26-16(20)14-19(18(23)24,15(3)17(21)22)10-13-25-11-7-5-2/h3-14H2,1-2H3,(H,21,22)(H,23,24). The Bertz CT molecular complexity index is 473. The zero-order chi connectivity index (χ0) is 20.0. The van der Waals surface area contributed by atoms with E-state index in [0.29, 0.717) is 13.0 Å². The lowest BCUT2D eigenvalue weighted by Crippen LogP contribution is -2.39. The molecular formula is C19H32O7. The number of carbonyl (C=O) groups is 3. The number of hydrogen-bond donors (Lipinski definition) is 2. The Morgan fingerprint density at radius 1 is 0.923 bits per heavy atom. The SMILES string of the molecule is C=C(C(=O)O)C(CCOCCCC)(CC(=O)OCCCCCC)C(=O)O. The van der Waals surface area contributed by atoms with E-state index in [1.165, 1.54) is 0 Å². The first-order valence-electron chi connectivity index (χ1n) is 9.21. The summed E-state index contributed by atoms with van der Waals surface area (Å²) < 4.78 is 10.5. The molecule has 0 heterocycles. The molecule has 150 valence electrons. The molecule has 0 spiro atoms. The maximum atomic E-state index is 12.1. The van der Waals surface area contributed by atoms with Gasteiger partial charge < -0.3 is 19.7 Å². The van der Waals surface area contributed by atoms with Gasteiger partial charge in [0.1, 0.15) is 5.41 Å². The Kier molecular flexibility index (Phi) is 12.4. The van der Waals surface area contributed by atoms with Crippen LogP contribution in [0.3, 0.4) is 0 Å². The predicted molar refractivity (Wildman–Crippen MR) is 96.9 cm³/mol. The second-order valence-electron chi connectivity index (χ2n) is 6.34. The van der Waals surface area contributed by atoms with Gasteiger partial charge in [0.2, 0.25) is 0 Å². The number of ether oxygens (including phenoxy) is 2. The van der Waals surface area contributed by atoms with Crippen LogP contribution in [-0.2, 0) is 23.9 Å². The third-order valence-corrected chi connectivity index (χ3v) is 4.27. The molecule has 0 amide bonds. The number of carbonyl (C=O) groups excluding carboxylic acids is 1. The molecule has 0 aromatic rings. The molecule has 0 bridgehead atoms. The maximum absolute atomic E-state index is 12.1. The molecule has 7 heteroatoms. The number of rotatable bonds is 16. The van der Waals surface area contributed by atoms with Crippen molar-refractivity contribution < 1.29 is 34.1 Å². The summed E-state index contributed by atoms with van der Waals surface area (Å²) in [5, 5.41) is 18.9. The van der Waals surface area contributed by atoms with Gasteiger partial charge in [-0.1, -0.05) is 46.1 Å². The Morgan fingerprint density at radius 2 is 1.58 bits per heavy atom. The minimum absolute atomic E-state index is 0.0301. The maximum Gasteiger partial charge on any atom is 0.332 e. The van der Waals surface area contributed by atoms with E-state index in [9.17, 15) is 24.6 Å². The number of aliphatic carboxylic acids is 2. The molecule has 0 fully saturated rings. The Morgan fingerprint density at radius 3 is 2.12 bits per heavy atom. The zero-order valence-corrected chi connectivity index (χ0v) is 15.9. The molecule has 1 atom stereocenters. The Hall–Kier alpha value is -1.89. The smallest absolute Gasteiger partial charge is 0.332 e. The first-order valence-corrected chi connectivity index (χ1v) is 9.21. The highest BCUT2D eigenvalue weighted by atomic mass is 16.5. The molecule has 0 aliphatic rings. The van der Waals surface area contributed by atoms with Crippen LogP contribution in [0.25, 0.3) is 0 Å². The zero-order valence-electron chi connectivity index (χ0n) is 15.9. The third-order valence-electron chi connectivity index (χ3n) is 4.27. The van der Waals surface area contributed by atoms with Crippen molar-refractivity contribution in [3.63, 3.8) is 0 Å². The summed E-state index contributed by atoms with van der Waals surface area (Å²) in [6.45, 7) is 8.13. The molecule has 0 saturated carbocycles. The van der Waals surface area contributed by atoms with Crippen LogP contribution in [0, 0.1) is 5.41 Å². The minimum atomic E-state index is -1.93. The van der Waals surface area contributed by atoms with Gasteiger partial charge >= 0.3 is 17.9 Å². The van der Waals surface area contributed by atoms with E-state index in [2.05, 4.69) is 13.5 Å². The molecule has 0 radical (unpaired) electrons. The summed E-state index contributed by atoms with van der Waals surface area (Å²) >= 11 is 0. The minimum Gasteiger partial charge on any atom is -0.481 e. The van der Waals surface area contributed by atoms with E-state index in [0.717, 1.165) is 32.1 Å². The van der Waals surface area contributed by atoms with Gasteiger partial charge in [-0.15, -0.1) is 0 Å². The highest BCUT2D eigenvalue weighted by molar-refractivity contribution is 5.98. The van der Waals surface area contributed by atoms with E-state index in [1.54, 1.807) is 0 Å². The number of esters is 1. The molecule has 0 aromatic heterocycles. The first kappa shape index (κ1) is 24.1. The van der Waals surface area contributed by atoms with E-state index >= 15 is 0 Å². The van der Waals surface area contributed by atoms with Crippen molar-refractivity contribution in [3.05, 3.63) is 12.2 Å². The van der Waals surface area contributed by atoms with Crippen molar-refractivity contribution >= 4 is 17.9 Å². The topological polar surface area (TPSA) is 110 Å². The number of unbranched alkanes of at least 4 members (excludes halogenated alkanes) is 4. The fraction of sp³-hybridized carbons (Fsp3) is 0.737. The van der Waals surface area contributed by atoms with E-state index < -0.39 is 35.3 Å². The van der Waals surface area contributed by atoms with Crippen LogP contribution in [0.2, 0.25) is 0 Å². The highest BCUT2D eigenvalue weighted by Gasteiger charge is 2.46. The van der Waals surface area contributed by atoms with E-state index in [1.807, 2.05) is 6.92 Å². The molecule has 2 N–H and O–H groups in total. The Labute approximate surface area is 155 Å². The fourth-order valence-electron chi connectivity index (χ4n) is 2.47. The summed E-state index contributed by atoms with van der Waals surface area (Å²) in [5.41, 5.74) is -2.47. The molecule has 0 rings (SSSR count). The van der Waals surface area contributed by atoms with Crippen LogP contribution in [0.4, 0.5) is 0 Å². The van der Waals surface area contributed by atoms with Crippen molar-refractivity contribution in [2.24, 2.45) is 5.41 Å². The van der Waals surface area contributed by atoms with Crippen LogP contribution < -0.4 is 0 Å². The van der Waals surface area contributed by atoms with Gasteiger partial charge in [0.15, 0.2) is 0 Å². The van der Waals surface area contributed by atoms with Gasteiger partial charge in [-0.2, -0.15) is 0 Å². The summed E-state index contributed by atoms with van der Waals surface area (Å²) in [6.07, 6.45) is 4.71. The molecule has 7 nitrogen and oxygen atoms in total. The first-order chi connectivity index (χ1) is 12.3. The van der Waals surface area contributed by atoms with Gasteiger partial charge in [-0.25, -0.2) is 4.79 Å². The predicted octanol–water partition coefficient (Wildman–Crippen LogP) is 3.42. The number of carboxylic acid groups (broad SMARTS) is 2. The second-order valence-corrected chi connectivity index (χ2v) is 6.34. The van der Waals surface area contributed by atoms with Crippen LogP contribution in [-0.4, -0.2) is 47.9 Å². The van der Waals surface area contributed by atoms with Crippen molar-refractivity contribution in [2.45, 2.75) is 65.2 Å². The summed E-state index contributed by atoms with van der Waals surface area (Å²) in [4.78, 5) is 35.3. The van der Waals surface area contributed by atoms with Crippen molar-refractivity contribution in [1.29, 1.82) is 0 Å². The molecule has 0 aliphatic carbocycles. The fourth-order valence-corrected chi connectivity index (χ4v) is 2.47. The normalized spacial score (nSPS) is 13.0. The lowest BCUT2D eigenvalue weighted by Gasteiger charge is -2.28. The lowest BCUT2D eigenvalue weighted by molar-refractivity contribution is -0.159. The van der Waals surface area contributed by atoms with Gasteiger partial charge in [0.25, 0.3) is 0 Å². The lowest BCUT2D eigenvalue weighted by atomic mass is 9.75. The van der Waals surface area contributed by atoms with Gasteiger partial charge in [0, 0.05) is 18.8 Å².